The van der Waals surface area contributed by atoms with Gasteiger partial charge in [0.2, 0.25) is 0 Å². The number of carbonyl (C=O) groups excluding carboxylic acids is 1. The number of hydrogen-bond acceptors (Lipinski definition) is 6. The van der Waals surface area contributed by atoms with E-state index >= 15 is 0 Å². The van der Waals surface area contributed by atoms with Crippen molar-refractivity contribution in [2.24, 2.45) is 0 Å². The van der Waals surface area contributed by atoms with E-state index in [1.807, 2.05) is 0 Å². The summed E-state index contributed by atoms with van der Waals surface area (Å²) in [5.41, 5.74) is 0.472. The van der Waals surface area contributed by atoms with Crippen molar-refractivity contribution in [1.82, 2.24) is 19.1 Å². The number of nitrogens with zero attached hydrogens (tertiary/aromatic N) is 4. The zero-order valence-corrected chi connectivity index (χ0v) is 15.5. The summed E-state index contributed by atoms with van der Waals surface area (Å²) in [6, 6.07) is 12.3. The number of para-hydroxylation sites is 1. The number of carbonyl (C=O) groups is 1. The summed E-state index contributed by atoms with van der Waals surface area (Å²) in [6.07, 6.45) is 1.38. The van der Waals surface area contributed by atoms with Crippen LogP contribution in [0, 0.1) is 5.82 Å². The molecule has 0 saturated heterocycles. The predicted octanol–water partition coefficient (Wildman–Crippen LogP) is 2.34. The van der Waals surface area contributed by atoms with Crippen LogP contribution >= 0.6 is 11.8 Å². The Balaban J connectivity index is 1.50. The lowest BCUT2D eigenvalue weighted by molar-refractivity contribution is 0.0876. The van der Waals surface area contributed by atoms with Gasteiger partial charge in [-0.15, -0.1) is 10.2 Å². The predicted molar refractivity (Wildman–Crippen MR) is 96.7 cm³/mol. The summed E-state index contributed by atoms with van der Waals surface area (Å²) in [6.45, 7) is -0.0232. The summed E-state index contributed by atoms with van der Waals surface area (Å²) in [4.78, 5) is 12.4. The van der Waals surface area contributed by atoms with Crippen molar-refractivity contribution in [2.45, 2.75) is 10.1 Å². The van der Waals surface area contributed by atoms with Crippen LogP contribution in [0.5, 0.6) is 0 Å². The van der Waals surface area contributed by atoms with Gasteiger partial charge < -0.3 is 0 Å². The van der Waals surface area contributed by atoms with Crippen LogP contribution in [-0.4, -0.2) is 45.7 Å². The molecule has 0 unspecified atom stereocenters. The molecule has 4 rings (SSSR count). The first kappa shape index (κ1) is 17.7. The van der Waals surface area contributed by atoms with E-state index in [0.29, 0.717) is 10.8 Å². The van der Waals surface area contributed by atoms with E-state index < -0.39 is 21.7 Å². The SMILES string of the molecule is O=C1c2ccccc2S(=O)(=O)N1CCSc1nncn1-c1ccccc1F. The molecular formula is C17H13FN4O3S2. The van der Waals surface area contributed by atoms with Crippen LogP contribution in [0.15, 0.2) is 64.9 Å². The van der Waals surface area contributed by atoms with E-state index in [2.05, 4.69) is 10.2 Å². The Kier molecular flexibility index (Phi) is 4.44. The van der Waals surface area contributed by atoms with Crippen molar-refractivity contribution < 1.29 is 17.6 Å². The molecule has 0 spiro atoms. The summed E-state index contributed by atoms with van der Waals surface area (Å²) in [5, 5.41) is 8.15. The maximum atomic E-state index is 14.0. The van der Waals surface area contributed by atoms with E-state index in [1.165, 1.54) is 40.9 Å². The lowest BCUT2D eigenvalue weighted by atomic mass is 10.2. The van der Waals surface area contributed by atoms with Gasteiger partial charge in [0.15, 0.2) is 5.16 Å². The number of fused-ring (bicyclic) bond motifs is 1. The van der Waals surface area contributed by atoms with Crippen molar-refractivity contribution >= 4 is 27.7 Å². The maximum Gasteiger partial charge on any atom is 0.269 e. The van der Waals surface area contributed by atoms with Gasteiger partial charge >= 0.3 is 0 Å². The number of benzene rings is 2. The van der Waals surface area contributed by atoms with E-state index in [4.69, 9.17) is 0 Å². The molecule has 2 heterocycles. The molecular weight excluding hydrogens is 391 g/mol. The highest BCUT2D eigenvalue weighted by molar-refractivity contribution is 7.99. The Bertz CT molecular complexity index is 1130. The molecule has 0 saturated carbocycles. The Labute approximate surface area is 158 Å². The van der Waals surface area contributed by atoms with Gasteiger partial charge in [0, 0.05) is 12.3 Å². The highest BCUT2D eigenvalue weighted by atomic mass is 32.2. The van der Waals surface area contributed by atoms with E-state index in [-0.39, 0.29) is 22.8 Å². The smallest absolute Gasteiger partial charge is 0.269 e. The van der Waals surface area contributed by atoms with Gasteiger partial charge in [-0.3, -0.25) is 9.36 Å². The topological polar surface area (TPSA) is 85.2 Å². The quantitative estimate of drug-likeness (QED) is 0.607. The number of sulfonamides is 1. The molecule has 0 atom stereocenters. The molecule has 0 bridgehead atoms. The fraction of sp³-hybridized carbons (Fsp3) is 0.118. The van der Waals surface area contributed by atoms with Crippen LogP contribution in [0.1, 0.15) is 10.4 Å². The van der Waals surface area contributed by atoms with Crippen molar-refractivity contribution in [3.05, 3.63) is 66.2 Å². The van der Waals surface area contributed by atoms with E-state index in [9.17, 15) is 17.6 Å². The fourth-order valence-electron chi connectivity index (χ4n) is 2.81. The second kappa shape index (κ2) is 6.78. The number of rotatable bonds is 5. The Hall–Kier alpha value is -2.72. The summed E-state index contributed by atoms with van der Waals surface area (Å²) < 4.78 is 41.4. The molecule has 0 aliphatic carbocycles. The monoisotopic (exact) mass is 404 g/mol. The minimum Gasteiger partial charge on any atom is -0.274 e. The van der Waals surface area contributed by atoms with Gasteiger partial charge in [0.1, 0.15) is 17.0 Å². The van der Waals surface area contributed by atoms with Crippen molar-refractivity contribution in [3.63, 3.8) is 0 Å². The van der Waals surface area contributed by atoms with Gasteiger partial charge in [-0.1, -0.05) is 36.0 Å². The van der Waals surface area contributed by atoms with Gasteiger partial charge in [-0.2, -0.15) is 0 Å². The third-order valence-corrected chi connectivity index (χ3v) is 6.83. The second-order valence-corrected chi connectivity index (χ2v) is 8.55. The normalized spacial score (nSPS) is 15.1. The first-order chi connectivity index (χ1) is 13.0. The van der Waals surface area contributed by atoms with Crippen molar-refractivity contribution in [1.29, 1.82) is 0 Å². The number of hydrogen-bond donors (Lipinski definition) is 0. The van der Waals surface area contributed by atoms with Crippen LogP contribution < -0.4 is 0 Å². The number of amides is 1. The highest BCUT2D eigenvalue weighted by Crippen LogP contribution is 2.30. The van der Waals surface area contributed by atoms with Gasteiger partial charge in [-0.05, 0) is 24.3 Å². The molecule has 27 heavy (non-hydrogen) atoms. The van der Waals surface area contributed by atoms with Crippen LogP contribution in [0.4, 0.5) is 4.39 Å². The molecule has 1 aromatic heterocycles. The number of thioether (sulfide) groups is 1. The molecule has 1 aliphatic heterocycles. The van der Waals surface area contributed by atoms with Crippen LogP contribution in [0.2, 0.25) is 0 Å². The summed E-state index contributed by atoms with van der Waals surface area (Å²) in [5.74, 6) is -0.708. The molecule has 1 aliphatic rings. The first-order valence-electron chi connectivity index (χ1n) is 7.94. The zero-order valence-electron chi connectivity index (χ0n) is 13.8. The third-order valence-electron chi connectivity index (χ3n) is 4.07. The fourth-order valence-corrected chi connectivity index (χ4v) is 5.34. The van der Waals surface area contributed by atoms with E-state index in [1.54, 1.807) is 30.3 Å². The Morgan fingerprint density at radius 1 is 1.07 bits per heavy atom. The van der Waals surface area contributed by atoms with Gasteiger partial charge in [-0.25, -0.2) is 17.1 Å². The van der Waals surface area contributed by atoms with E-state index in [0.717, 1.165) is 4.31 Å². The molecule has 3 aromatic rings. The molecule has 0 N–H and O–H groups in total. The van der Waals surface area contributed by atoms with Gasteiger partial charge in [0.05, 0.1) is 11.3 Å². The minimum absolute atomic E-state index is 0.0227. The second-order valence-electron chi connectivity index (χ2n) is 5.66. The Morgan fingerprint density at radius 3 is 2.59 bits per heavy atom. The summed E-state index contributed by atoms with van der Waals surface area (Å²) >= 11 is 1.19. The van der Waals surface area contributed by atoms with Gasteiger partial charge in [0.25, 0.3) is 15.9 Å². The number of aromatic nitrogens is 3. The average Bonchev–Trinajstić information content (AvgIpc) is 3.19. The standard InChI is InChI=1S/C17H13FN4O3S2/c18-13-6-2-3-7-14(13)21-11-19-20-17(21)26-10-9-22-16(23)12-5-1-4-8-15(12)27(22,24)25/h1-8,11H,9-10H2. The summed E-state index contributed by atoms with van der Waals surface area (Å²) in [7, 11) is -3.84. The molecule has 1 amide bonds. The average molecular weight is 404 g/mol. The molecule has 7 nitrogen and oxygen atoms in total. The molecule has 0 radical (unpaired) electrons. The van der Waals surface area contributed by atoms with Crippen molar-refractivity contribution in [3.8, 4) is 5.69 Å². The maximum absolute atomic E-state index is 14.0. The zero-order chi connectivity index (χ0) is 19.0. The van der Waals surface area contributed by atoms with Crippen LogP contribution in [-0.2, 0) is 10.0 Å². The van der Waals surface area contributed by atoms with Crippen molar-refractivity contribution in [2.75, 3.05) is 12.3 Å². The lowest BCUT2D eigenvalue weighted by Gasteiger charge is -2.14. The molecule has 2 aromatic carbocycles. The largest absolute Gasteiger partial charge is 0.274 e. The minimum atomic E-state index is -3.84. The first-order valence-corrected chi connectivity index (χ1v) is 10.4. The molecule has 0 fully saturated rings. The lowest BCUT2D eigenvalue weighted by Crippen LogP contribution is -2.32. The molecule has 10 heteroatoms. The van der Waals surface area contributed by atoms with Crippen LogP contribution in [0.3, 0.4) is 0 Å². The Morgan fingerprint density at radius 2 is 1.81 bits per heavy atom. The third kappa shape index (κ3) is 3.00. The molecule has 138 valence electrons. The number of halogens is 1. The highest BCUT2D eigenvalue weighted by Gasteiger charge is 2.40. The van der Waals surface area contributed by atoms with Crippen LogP contribution in [0.25, 0.3) is 5.69 Å².